The van der Waals surface area contributed by atoms with Gasteiger partial charge in [0, 0.05) is 30.9 Å². The summed E-state index contributed by atoms with van der Waals surface area (Å²) < 4.78 is 24.2. The maximum atomic E-state index is 12.1. The van der Waals surface area contributed by atoms with Crippen molar-refractivity contribution in [2.45, 2.75) is 48.9 Å². The first kappa shape index (κ1) is 16.2. The van der Waals surface area contributed by atoms with Gasteiger partial charge in [0.2, 0.25) is 0 Å². The van der Waals surface area contributed by atoms with E-state index in [1.54, 1.807) is 0 Å². The monoisotopic (exact) mass is 303 g/mol. The summed E-state index contributed by atoms with van der Waals surface area (Å²) in [5.41, 5.74) is 5.68. The van der Waals surface area contributed by atoms with Crippen LogP contribution in [0.3, 0.4) is 0 Å². The van der Waals surface area contributed by atoms with Crippen molar-refractivity contribution >= 4 is 9.84 Å². The molecular formula is C14H29N3O2S. The summed E-state index contributed by atoms with van der Waals surface area (Å²) in [5, 5.41) is -0.309. The van der Waals surface area contributed by atoms with E-state index in [4.69, 9.17) is 5.73 Å². The Morgan fingerprint density at radius 1 is 1.35 bits per heavy atom. The van der Waals surface area contributed by atoms with Gasteiger partial charge < -0.3 is 10.6 Å². The van der Waals surface area contributed by atoms with Gasteiger partial charge in [-0.25, -0.2) is 8.42 Å². The molecule has 1 saturated carbocycles. The maximum absolute atomic E-state index is 12.1. The third-order valence-electron chi connectivity index (χ3n) is 5.46. The highest BCUT2D eigenvalue weighted by molar-refractivity contribution is 7.91. The fourth-order valence-corrected chi connectivity index (χ4v) is 5.96. The first-order valence-corrected chi connectivity index (χ1v) is 9.57. The molecule has 3 unspecified atom stereocenters. The molecule has 3 atom stereocenters. The van der Waals surface area contributed by atoms with Gasteiger partial charge in [-0.05, 0) is 46.3 Å². The minimum atomic E-state index is -3.05. The largest absolute Gasteiger partial charge is 0.329 e. The van der Waals surface area contributed by atoms with Gasteiger partial charge in [-0.15, -0.1) is 0 Å². The molecule has 0 radical (unpaired) electrons. The molecule has 2 fully saturated rings. The normalized spacial score (nSPS) is 36.0. The van der Waals surface area contributed by atoms with E-state index in [9.17, 15) is 8.42 Å². The topological polar surface area (TPSA) is 66.6 Å². The van der Waals surface area contributed by atoms with Crippen molar-refractivity contribution in [3.05, 3.63) is 0 Å². The molecule has 0 aromatic carbocycles. The minimum Gasteiger partial charge on any atom is -0.329 e. The number of nitrogens with two attached hydrogens (primary N) is 1. The number of nitrogens with zero attached hydrogens (tertiary/aromatic N) is 2. The van der Waals surface area contributed by atoms with Crippen LogP contribution in [0, 0.1) is 0 Å². The summed E-state index contributed by atoms with van der Waals surface area (Å²) in [7, 11) is 1.16. The molecule has 20 heavy (non-hydrogen) atoms. The van der Waals surface area contributed by atoms with Crippen molar-refractivity contribution in [2.24, 2.45) is 5.73 Å². The van der Waals surface area contributed by atoms with E-state index < -0.39 is 9.84 Å². The standard InChI is InChI=1S/C14H29N3O2S/c1-16-9-5-6-12(16)10-17(2)14(11-15)8-4-7-13(14)20(3,18)19/h12-13H,4-11,15H2,1-3H3. The zero-order valence-corrected chi connectivity index (χ0v) is 13.8. The molecule has 1 aliphatic carbocycles. The van der Waals surface area contributed by atoms with Gasteiger partial charge >= 0.3 is 0 Å². The lowest BCUT2D eigenvalue weighted by Crippen LogP contribution is -2.61. The Balaban J connectivity index is 2.17. The highest BCUT2D eigenvalue weighted by Crippen LogP contribution is 2.38. The molecule has 2 N–H and O–H groups in total. The summed E-state index contributed by atoms with van der Waals surface area (Å²) in [6.07, 6.45) is 6.41. The van der Waals surface area contributed by atoms with Gasteiger partial charge in [0.25, 0.3) is 0 Å². The van der Waals surface area contributed by atoms with Crippen LogP contribution in [0.4, 0.5) is 0 Å². The Bertz CT molecular complexity index is 440. The number of sulfone groups is 1. The fraction of sp³-hybridized carbons (Fsp3) is 1.00. The molecule has 118 valence electrons. The average Bonchev–Trinajstić information content (AvgIpc) is 2.96. The van der Waals surface area contributed by atoms with Crippen molar-refractivity contribution in [1.82, 2.24) is 9.80 Å². The molecule has 1 aliphatic heterocycles. The smallest absolute Gasteiger partial charge is 0.152 e. The van der Waals surface area contributed by atoms with Gasteiger partial charge in [0.1, 0.15) is 0 Å². The lowest BCUT2D eigenvalue weighted by molar-refractivity contribution is 0.102. The summed E-state index contributed by atoms with van der Waals surface area (Å²) in [4.78, 5) is 4.63. The second-order valence-corrected chi connectivity index (χ2v) is 8.90. The number of hydrogen-bond donors (Lipinski definition) is 1. The van der Waals surface area contributed by atoms with E-state index in [0.29, 0.717) is 12.6 Å². The van der Waals surface area contributed by atoms with Crippen LogP contribution in [-0.4, -0.2) is 75.0 Å². The number of rotatable bonds is 5. The van der Waals surface area contributed by atoms with Crippen LogP contribution >= 0.6 is 0 Å². The Kier molecular flexibility index (Phi) is 4.79. The Morgan fingerprint density at radius 2 is 2.05 bits per heavy atom. The van der Waals surface area contributed by atoms with Gasteiger partial charge in [-0.1, -0.05) is 6.42 Å². The zero-order valence-electron chi connectivity index (χ0n) is 13.0. The number of hydrogen-bond acceptors (Lipinski definition) is 5. The lowest BCUT2D eigenvalue weighted by Gasteiger charge is -2.43. The lowest BCUT2D eigenvalue weighted by atomic mass is 9.94. The van der Waals surface area contributed by atoms with Gasteiger partial charge in [0.05, 0.1) is 5.25 Å². The van der Waals surface area contributed by atoms with Gasteiger partial charge in [-0.2, -0.15) is 0 Å². The molecule has 2 aliphatic rings. The quantitative estimate of drug-likeness (QED) is 0.791. The van der Waals surface area contributed by atoms with E-state index in [2.05, 4.69) is 23.9 Å². The van der Waals surface area contributed by atoms with E-state index >= 15 is 0 Å². The van der Waals surface area contributed by atoms with Crippen LogP contribution in [0.1, 0.15) is 32.1 Å². The molecule has 6 heteroatoms. The predicted octanol–water partition coefficient (Wildman–Crippen LogP) is 0.307. The maximum Gasteiger partial charge on any atom is 0.152 e. The molecule has 0 amide bonds. The summed E-state index contributed by atoms with van der Waals surface area (Å²) in [6, 6.07) is 0.532. The average molecular weight is 303 g/mol. The van der Waals surface area contributed by atoms with E-state index in [-0.39, 0.29) is 10.8 Å². The van der Waals surface area contributed by atoms with Gasteiger partial charge in [-0.3, -0.25) is 4.90 Å². The molecule has 5 nitrogen and oxygen atoms in total. The predicted molar refractivity (Wildman–Crippen MR) is 82.6 cm³/mol. The van der Waals surface area contributed by atoms with E-state index in [1.165, 1.54) is 19.1 Å². The fourth-order valence-electron chi connectivity index (χ4n) is 4.17. The third kappa shape index (κ3) is 2.89. The highest BCUT2D eigenvalue weighted by atomic mass is 32.2. The Labute approximate surface area is 123 Å². The molecule has 0 spiro atoms. The molecule has 0 aromatic rings. The Morgan fingerprint density at radius 3 is 2.55 bits per heavy atom. The number of likely N-dealkylation sites (N-methyl/N-ethyl adjacent to an activating group) is 2. The second kappa shape index (κ2) is 5.91. The van der Waals surface area contributed by atoms with Crippen LogP contribution in [0.5, 0.6) is 0 Å². The molecular weight excluding hydrogens is 274 g/mol. The SMILES string of the molecule is CN1CCCC1CN(C)C1(CN)CCCC1S(C)(=O)=O. The van der Waals surface area contributed by atoms with Crippen molar-refractivity contribution in [3.8, 4) is 0 Å². The minimum absolute atomic E-state index is 0.309. The van der Waals surface area contributed by atoms with Crippen LogP contribution < -0.4 is 5.73 Å². The molecule has 1 saturated heterocycles. The van der Waals surface area contributed by atoms with E-state index in [1.807, 2.05) is 0 Å². The van der Waals surface area contributed by atoms with Crippen molar-refractivity contribution in [1.29, 1.82) is 0 Å². The third-order valence-corrected chi connectivity index (χ3v) is 7.17. The second-order valence-electron chi connectivity index (χ2n) is 6.68. The van der Waals surface area contributed by atoms with Crippen LogP contribution in [-0.2, 0) is 9.84 Å². The zero-order chi connectivity index (χ0) is 15.0. The first-order valence-electron chi connectivity index (χ1n) is 7.61. The molecule has 1 heterocycles. The van der Waals surface area contributed by atoms with Crippen LogP contribution in [0.15, 0.2) is 0 Å². The van der Waals surface area contributed by atoms with Crippen LogP contribution in [0.25, 0.3) is 0 Å². The first-order chi connectivity index (χ1) is 9.31. The molecule has 0 aromatic heterocycles. The number of likely N-dealkylation sites (tertiary alicyclic amines) is 1. The van der Waals surface area contributed by atoms with Crippen LogP contribution in [0.2, 0.25) is 0 Å². The summed E-state index contributed by atoms with van der Waals surface area (Å²) in [6.45, 7) is 2.49. The molecule has 0 bridgehead atoms. The van der Waals surface area contributed by atoms with E-state index in [0.717, 1.165) is 32.4 Å². The Hall–Kier alpha value is -0.170. The summed E-state index contributed by atoms with van der Waals surface area (Å²) in [5.74, 6) is 0. The molecule has 2 rings (SSSR count). The van der Waals surface area contributed by atoms with Crippen molar-refractivity contribution in [3.63, 3.8) is 0 Å². The highest BCUT2D eigenvalue weighted by Gasteiger charge is 2.50. The van der Waals surface area contributed by atoms with Gasteiger partial charge in [0.15, 0.2) is 9.84 Å². The van der Waals surface area contributed by atoms with Crippen molar-refractivity contribution < 1.29 is 8.42 Å². The summed E-state index contributed by atoms with van der Waals surface area (Å²) >= 11 is 0. The van der Waals surface area contributed by atoms with Crippen molar-refractivity contribution in [2.75, 3.05) is 40.0 Å².